The molecule has 7 nitrogen and oxygen atoms in total. The Hall–Kier alpha value is -3.03. The molecular weight excluding hydrogens is 347 g/mol. The van der Waals surface area contributed by atoms with Gasteiger partial charge in [0.05, 0.1) is 6.42 Å². The second-order valence-electron chi connectivity index (χ2n) is 6.75. The van der Waals surface area contributed by atoms with Gasteiger partial charge in [-0.15, -0.1) is 0 Å². The minimum absolute atomic E-state index is 0.0845. The van der Waals surface area contributed by atoms with Crippen molar-refractivity contribution in [1.82, 2.24) is 24.5 Å². The van der Waals surface area contributed by atoms with Crippen molar-refractivity contribution in [2.75, 3.05) is 31.1 Å². The van der Waals surface area contributed by atoms with Gasteiger partial charge in [-0.3, -0.25) is 4.79 Å². The number of aromatic nitrogens is 4. The number of carbonyl (C=O) groups excluding carboxylic acids is 1. The zero-order valence-corrected chi connectivity index (χ0v) is 15.4. The van der Waals surface area contributed by atoms with Gasteiger partial charge in [-0.05, 0) is 38.1 Å². The van der Waals surface area contributed by atoms with Crippen molar-refractivity contribution in [1.29, 1.82) is 0 Å². The molecule has 0 radical (unpaired) electrons. The van der Waals surface area contributed by atoms with Crippen molar-refractivity contribution in [3.05, 3.63) is 53.4 Å². The molecule has 1 aromatic carbocycles. The number of carbonyl (C=O) groups is 1. The Balaban J connectivity index is 1.43. The van der Waals surface area contributed by atoms with E-state index in [4.69, 9.17) is 0 Å². The molecule has 0 spiro atoms. The lowest BCUT2D eigenvalue weighted by molar-refractivity contribution is -0.130. The van der Waals surface area contributed by atoms with E-state index in [2.05, 4.69) is 20.0 Å². The lowest BCUT2D eigenvalue weighted by atomic mass is 10.1. The Morgan fingerprint density at radius 3 is 2.52 bits per heavy atom. The van der Waals surface area contributed by atoms with Gasteiger partial charge in [-0.25, -0.2) is 13.9 Å². The largest absolute Gasteiger partial charge is 0.368 e. The Kier molecular flexibility index (Phi) is 4.47. The van der Waals surface area contributed by atoms with Crippen LogP contribution in [-0.4, -0.2) is 56.6 Å². The van der Waals surface area contributed by atoms with Crippen molar-refractivity contribution in [3.63, 3.8) is 0 Å². The predicted molar refractivity (Wildman–Crippen MR) is 99.2 cm³/mol. The van der Waals surface area contributed by atoms with Crippen molar-refractivity contribution in [3.8, 4) is 0 Å². The standard InChI is InChI=1S/C19H21FN6O/c1-13-17(14(2)26-19(23-13)21-12-22-26)11-18(27)25-9-7-24(8-10-25)16-5-3-15(20)4-6-16/h3-6,12H,7-11H2,1-2H3. The van der Waals surface area contributed by atoms with Gasteiger partial charge in [0.1, 0.15) is 12.1 Å². The number of aryl methyl sites for hydroxylation is 2. The first-order valence-electron chi connectivity index (χ1n) is 8.97. The highest BCUT2D eigenvalue weighted by atomic mass is 19.1. The summed E-state index contributed by atoms with van der Waals surface area (Å²) in [5.74, 6) is 0.395. The summed E-state index contributed by atoms with van der Waals surface area (Å²) in [6.45, 7) is 6.59. The first kappa shape index (κ1) is 17.4. The van der Waals surface area contributed by atoms with E-state index in [-0.39, 0.29) is 11.7 Å². The maximum Gasteiger partial charge on any atom is 0.252 e. The quantitative estimate of drug-likeness (QED) is 0.705. The van der Waals surface area contributed by atoms with E-state index in [1.165, 1.54) is 18.5 Å². The second kappa shape index (κ2) is 6.94. The topological polar surface area (TPSA) is 66.6 Å². The number of rotatable bonds is 3. The number of halogens is 1. The molecule has 2 aromatic heterocycles. The van der Waals surface area contributed by atoms with Gasteiger partial charge in [-0.1, -0.05) is 0 Å². The zero-order chi connectivity index (χ0) is 19.0. The van der Waals surface area contributed by atoms with Gasteiger partial charge in [0.2, 0.25) is 5.91 Å². The van der Waals surface area contributed by atoms with Crippen molar-refractivity contribution in [2.24, 2.45) is 0 Å². The first-order valence-corrected chi connectivity index (χ1v) is 8.97. The summed E-state index contributed by atoms with van der Waals surface area (Å²) in [6.07, 6.45) is 1.77. The molecular formula is C19H21FN6O. The zero-order valence-electron chi connectivity index (χ0n) is 15.4. The monoisotopic (exact) mass is 368 g/mol. The second-order valence-corrected chi connectivity index (χ2v) is 6.75. The van der Waals surface area contributed by atoms with Crippen LogP contribution in [0.25, 0.3) is 5.78 Å². The molecule has 4 rings (SSSR count). The third-order valence-electron chi connectivity index (χ3n) is 5.14. The molecule has 1 fully saturated rings. The molecule has 0 saturated carbocycles. The minimum Gasteiger partial charge on any atom is -0.368 e. The van der Waals surface area contributed by atoms with Crippen LogP contribution in [0.4, 0.5) is 10.1 Å². The Morgan fingerprint density at radius 1 is 1.11 bits per heavy atom. The van der Waals surface area contributed by atoms with Crippen LogP contribution in [0.2, 0.25) is 0 Å². The van der Waals surface area contributed by atoms with Crippen LogP contribution in [0, 0.1) is 19.7 Å². The van der Waals surface area contributed by atoms with Crippen LogP contribution in [0.15, 0.2) is 30.6 Å². The molecule has 140 valence electrons. The summed E-state index contributed by atoms with van der Waals surface area (Å²) < 4.78 is 14.8. The fourth-order valence-corrected chi connectivity index (χ4v) is 3.54. The van der Waals surface area contributed by atoms with Crippen molar-refractivity contribution >= 4 is 17.4 Å². The third kappa shape index (κ3) is 3.34. The molecule has 1 saturated heterocycles. The number of piperazine rings is 1. The molecule has 0 atom stereocenters. The fraction of sp³-hybridized carbons (Fsp3) is 0.368. The minimum atomic E-state index is -0.240. The molecule has 3 aromatic rings. The Labute approximate surface area is 156 Å². The molecule has 3 heterocycles. The smallest absolute Gasteiger partial charge is 0.252 e. The van der Waals surface area contributed by atoms with E-state index >= 15 is 0 Å². The molecule has 27 heavy (non-hydrogen) atoms. The molecule has 1 amide bonds. The van der Waals surface area contributed by atoms with Crippen molar-refractivity contribution in [2.45, 2.75) is 20.3 Å². The number of hydrogen-bond donors (Lipinski definition) is 0. The summed E-state index contributed by atoms with van der Waals surface area (Å²) in [5, 5.41) is 4.17. The molecule has 8 heteroatoms. The van der Waals surface area contributed by atoms with Gasteiger partial charge in [-0.2, -0.15) is 10.1 Å². The highest BCUT2D eigenvalue weighted by Gasteiger charge is 2.23. The van der Waals surface area contributed by atoms with E-state index in [1.807, 2.05) is 18.7 Å². The number of benzene rings is 1. The van der Waals surface area contributed by atoms with Crippen LogP contribution in [0.5, 0.6) is 0 Å². The van der Waals surface area contributed by atoms with E-state index in [9.17, 15) is 9.18 Å². The van der Waals surface area contributed by atoms with Crippen LogP contribution < -0.4 is 4.90 Å². The van der Waals surface area contributed by atoms with Gasteiger partial charge in [0.15, 0.2) is 0 Å². The molecule has 0 N–H and O–H groups in total. The Morgan fingerprint density at radius 2 is 1.81 bits per heavy atom. The lowest BCUT2D eigenvalue weighted by Crippen LogP contribution is -2.49. The van der Waals surface area contributed by atoms with E-state index in [0.29, 0.717) is 25.3 Å². The number of anilines is 1. The maximum atomic E-state index is 13.1. The SMILES string of the molecule is Cc1nc2ncnn2c(C)c1CC(=O)N1CCN(c2ccc(F)cc2)CC1. The number of amides is 1. The summed E-state index contributed by atoms with van der Waals surface area (Å²) in [5.41, 5.74) is 3.59. The fourth-order valence-electron chi connectivity index (χ4n) is 3.54. The molecule has 0 unspecified atom stereocenters. The lowest BCUT2D eigenvalue weighted by Gasteiger charge is -2.36. The normalized spacial score (nSPS) is 14.8. The number of hydrogen-bond acceptors (Lipinski definition) is 5. The van der Waals surface area contributed by atoms with E-state index in [1.54, 1.807) is 16.6 Å². The predicted octanol–water partition coefficient (Wildman–Crippen LogP) is 1.77. The molecule has 1 aliphatic rings. The van der Waals surface area contributed by atoms with Gasteiger partial charge < -0.3 is 9.80 Å². The highest BCUT2D eigenvalue weighted by molar-refractivity contribution is 5.79. The highest BCUT2D eigenvalue weighted by Crippen LogP contribution is 2.19. The summed E-state index contributed by atoms with van der Waals surface area (Å²) >= 11 is 0. The first-order chi connectivity index (χ1) is 13.0. The van der Waals surface area contributed by atoms with Crippen LogP contribution in [0.3, 0.4) is 0 Å². The third-order valence-corrected chi connectivity index (χ3v) is 5.14. The summed E-state index contributed by atoms with van der Waals surface area (Å²) in [4.78, 5) is 25.4. The molecule has 0 bridgehead atoms. The average molecular weight is 368 g/mol. The van der Waals surface area contributed by atoms with Crippen LogP contribution >= 0.6 is 0 Å². The summed E-state index contributed by atoms with van der Waals surface area (Å²) in [6, 6.07) is 6.48. The maximum absolute atomic E-state index is 13.1. The van der Waals surface area contributed by atoms with E-state index < -0.39 is 0 Å². The van der Waals surface area contributed by atoms with Gasteiger partial charge >= 0.3 is 0 Å². The summed E-state index contributed by atoms with van der Waals surface area (Å²) in [7, 11) is 0. The van der Waals surface area contributed by atoms with Gasteiger partial charge in [0.25, 0.3) is 5.78 Å². The molecule has 0 aliphatic carbocycles. The van der Waals surface area contributed by atoms with Crippen LogP contribution in [-0.2, 0) is 11.2 Å². The Bertz CT molecular complexity index is 976. The number of nitrogens with zero attached hydrogens (tertiary/aromatic N) is 6. The van der Waals surface area contributed by atoms with Crippen LogP contribution in [0.1, 0.15) is 17.0 Å². The van der Waals surface area contributed by atoms with E-state index in [0.717, 1.165) is 35.7 Å². The molecule has 1 aliphatic heterocycles. The van der Waals surface area contributed by atoms with Crippen molar-refractivity contribution < 1.29 is 9.18 Å². The van der Waals surface area contributed by atoms with Gasteiger partial charge in [0, 0.05) is 48.8 Å². The average Bonchev–Trinajstić information content (AvgIpc) is 3.14. The number of fused-ring (bicyclic) bond motifs is 1.